The minimum absolute atomic E-state index is 0.0393. The highest BCUT2D eigenvalue weighted by atomic mass is 16.2. The van der Waals surface area contributed by atoms with E-state index in [0.717, 1.165) is 49.1 Å². The molecule has 3 saturated heterocycles. The lowest BCUT2D eigenvalue weighted by Crippen LogP contribution is -2.67. The molecule has 0 unspecified atom stereocenters. The van der Waals surface area contributed by atoms with Crippen molar-refractivity contribution in [3.8, 4) is 0 Å². The average Bonchev–Trinajstić information content (AvgIpc) is 2.73. The van der Waals surface area contributed by atoms with E-state index in [1.54, 1.807) is 6.92 Å². The summed E-state index contributed by atoms with van der Waals surface area (Å²) in [6.45, 7) is 3.84. The number of hydrogen-bond donors (Lipinski definition) is 1. The molecule has 3 fully saturated rings. The SMILES string of the molecule is CC(=O)NC[C@H]1[C@H]2C[C@H](CN(c3nccc4ncccc34)C2)[C@@H]2CCCC(=O)N21. The second-order valence-corrected chi connectivity index (χ2v) is 8.63. The molecule has 2 bridgehead atoms. The number of anilines is 1. The van der Waals surface area contributed by atoms with Crippen LogP contribution in [0.1, 0.15) is 32.6 Å². The van der Waals surface area contributed by atoms with E-state index in [9.17, 15) is 9.59 Å². The number of carbonyl (C=O) groups excluding carboxylic acids is 2. The molecule has 5 rings (SSSR count). The normalized spacial score (nSPS) is 28.9. The monoisotopic (exact) mass is 393 g/mol. The zero-order valence-electron chi connectivity index (χ0n) is 16.8. The molecule has 0 radical (unpaired) electrons. The Morgan fingerprint density at radius 1 is 1.21 bits per heavy atom. The standard InChI is InChI=1S/C22H27N5O2/c1-14(28)25-11-20-16-10-15(19-5-2-6-21(29)27(19)20)12-26(13-16)22-17-4-3-8-23-18(17)7-9-24-22/h3-4,7-9,15-16,19-20H,2,5-6,10-13H2,1H3,(H,25,28)/t15-,16+,19+,20+/m1/s1. The Morgan fingerprint density at radius 2 is 2.07 bits per heavy atom. The molecule has 7 heteroatoms. The van der Waals surface area contributed by atoms with Crippen LogP contribution in [0.25, 0.3) is 10.9 Å². The highest BCUT2D eigenvalue weighted by molar-refractivity contribution is 5.89. The minimum atomic E-state index is -0.0393. The molecular weight excluding hydrogens is 366 g/mol. The molecule has 0 aliphatic carbocycles. The largest absolute Gasteiger partial charge is 0.355 e. The smallest absolute Gasteiger partial charge is 0.223 e. The molecule has 2 amide bonds. The summed E-state index contributed by atoms with van der Waals surface area (Å²) in [4.78, 5) is 38.1. The van der Waals surface area contributed by atoms with Crippen molar-refractivity contribution in [1.82, 2.24) is 20.2 Å². The van der Waals surface area contributed by atoms with E-state index in [1.807, 2.05) is 24.5 Å². The van der Waals surface area contributed by atoms with Crippen LogP contribution in [0.5, 0.6) is 0 Å². The van der Waals surface area contributed by atoms with Crippen molar-refractivity contribution in [3.05, 3.63) is 30.6 Å². The van der Waals surface area contributed by atoms with Crippen LogP contribution in [-0.2, 0) is 9.59 Å². The lowest BCUT2D eigenvalue weighted by atomic mass is 9.72. The van der Waals surface area contributed by atoms with Crippen LogP contribution in [0.4, 0.5) is 5.82 Å². The molecule has 0 aromatic carbocycles. The second kappa shape index (κ2) is 7.28. The van der Waals surface area contributed by atoms with Gasteiger partial charge in [-0.2, -0.15) is 0 Å². The van der Waals surface area contributed by atoms with Crippen LogP contribution in [0.2, 0.25) is 0 Å². The molecule has 3 aliphatic heterocycles. The van der Waals surface area contributed by atoms with Crippen LogP contribution in [0.3, 0.4) is 0 Å². The molecular formula is C22H27N5O2. The quantitative estimate of drug-likeness (QED) is 0.863. The second-order valence-electron chi connectivity index (χ2n) is 8.63. The summed E-state index contributed by atoms with van der Waals surface area (Å²) < 4.78 is 0. The summed E-state index contributed by atoms with van der Waals surface area (Å²) >= 11 is 0. The van der Waals surface area contributed by atoms with Gasteiger partial charge in [0.25, 0.3) is 0 Å². The van der Waals surface area contributed by atoms with E-state index in [0.29, 0.717) is 24.8 Å². The third-order valence-corrected chi connectivity index (χ3v) is 6.87. The Balaban J connectivity index is 1.49. The summed E-state index contributed by atoms with van der Waals surface area (Å²) in [6, 6.07) is 6.32. The first-order chi connectivity index (χ1) is 14.1. The van der Waals surface area contributed by atoms with E-state index in [2.05, 4.69) is 26.2 Å². The van der Waals surface area contributed by atoms with Gasteiger partial charge in [0.05, 0.1) is 11.6 Å². The number of pyridine rings is 2. The highest BCUT2D eigenvalue weighted by Crippen LogP contribution is 2.42. The number of aromatic nitrogens is 2. The molecule has 29 heavy (non-hydrogen) atoms. The number of carbonyl (C=O) groups is 2. The Hall–Kier alpha value is -2.70. The Bertz CT molecular complexity index is 942. The molecule has 2 aromatic heterocycles. The van der Waals surface area contributed by atoms with Gasteiger partial charge in [0, 0.05) is 56.8 Å². The first-order valence-corrected chi connectivity index (χ1v) is 10.6. The van der Waals surface area contributed by atoms with Crippen LogP contribution in [0, 0.1) is 11.8 Å². The third-order valence-electron chi connectivity index (χ3n) is 6.87. The summed E-state index contributed by atoms with van der Waals surface area (Å²) in [5.74, 6) is 1.97. The lowest BCUT2D eigenvalue weighted by Gasteiger charge is -2.56. The van der Waals surface area contributed by atoms with Gasteiger partial charge in [0.1, 0.15) is 5.82 Å². The van der Waals surface area contributed by atoms with Crippen molar-refractivity contribution in [2.24, 2.45) is 11.8 Å². The maximum absolute atomic E-state index is 12.8. The van der Waals surface area contributed by atoms with Crippen molar-refractivity contribution in [1.29, 1.82) is 0 Å². The van der Waals surface area contributed by atoms with E-state index in [-0.39, 0.29) is 23.9 Å². The number of piperidine rings is 3. The minimum Gasteiger partial charge on any atom is -0.355 e. The molecule has 1 N–H and O–H groups in total. The average molecular weight is 393 g/mol. The predicted octanol–water partition coefficient (Wildman–Crippen LogP) is 1.97. The van der Waals surface area contributed by atoms with Gasteiger partial charge in [0.15, 0.2) is 0 Å². The van der Waals surface area contributed by atoms with E-state index in [1.165, 1.54) is 0 Å². The fraction of sp³-hybridized carbons (Fsp3) is 0.545. The summed E-state index contributed by atoms with van der Waals surface area (Å²) in [7, 11) is 0. The maximum atomic E-state index is 12.8. The zero-order valence-corrected chi connectivity index (χ0v) is 16.8. The summed E-state index contributed by atoms with van der Waals surface area (Å²) in [6.07, 6.45) is 7.40. The van der Waals surface area contributed by atoms with Gasteiger partial charge < -0.3 is 15.1 Å². The van der Waals surface area contributed by atoms with Crippen molar-refractivity contribution < 1.29 is 9.59 Å². The first-order valence-electron chi connectivity index (χ1n) is 10.6. The number of nitrogens with one attached hydrogen (secondary N) is 1. The molecule has 4 atom stereocenters. The van der Waals surface area contributed by atoms with Crippen molar-refractivity contribution in [2.45, 2.75) is 44.7 Å². The third kappa shape index (κ3) is 3.22. The van der Waals surface area contributed by atoms with E-state index >= 15 is 0 Å². The fourth-order valence-electron chi connectivity index (χ4n) is 5.70. The van der Waals surface area contributed by atoms with Gasteiger partial charge in [-0.15, -0.1) is 0 Å². The number of amides is 2. The van der Waals surface area contributed by atoms with E-state index < -0.39 is 0 Å². The van der Waals surface area contributed by atoms with Gasteiger partial charge in [-0.1, -0.05) is 0 Å². The lowest BCUT2D eigenvalue weighted by molar-refractivity contribution is -0.149. The maximum Gasteiger partial charge on any atom is 0.223 e. The molecule has 2 aromatic rings. The number of nitrogens with zero attached hydrogens (tertiary/aromatic N) is 4. The van der Waals surface area contributed by atoms with Crippen molar-refractivity contribution in [3.63, 3.8) is 0 Å². The van der Waals surface area contributed by atoms with E-state index in [4.69, 9.17) is 4.98 Å². The molecule has 3 aliphatic rings. The van der Waals surface area contributed by atoms with Gasteiger partial charge >= 0.3 is 0 Å². The van der Waals surface area contributed by atoms with Crippen molar-refractivity contribution in [2.75, 3.05) is 24.5 Å². The molecule has 5 heterocycles. The van der Waals surface area contributed by atoms with Gasteiger partial charge in [-0.05, 0) is 49.3 Å². The first kappa shape index (κ1) is 18.3. The topological polar surface area (TPSA) is 78.4 Å². The molecule has 7 nitrogen and oxygen atoms in total. The van der Waals surface area contributed by atoms with Crippen LogP contribution < -0.4 is 10.2 Å². The zero-order chi connectivity index (χ0) is 20.0. The Kier molecular flexibility index (Phi) is 4.60. The predicted molar refractivity (Wildman–Crippen MR) is 110 cm³/mol. The summed E-state index contributed by atoms with van der Waals surface area (Å²) in [5, 5.41) is 4.05. The van der Waals surface area contributed by atoms with Crippen LogP contribution in [-0.4, -0.2) is 58.4 Å². The Labute approximate surface area is 170 Å². The van der Waals surface area contributed by atoms with Crippen LogP contribution >= 0.6 is 0 Å². The summed E-state index contributed by atoms with van der Waals surface area (Å²) in [5.41, 5.74) is 0.956. The van der Waals surface area contributed by atoms with Gasteiger partial charge in [-0.3, -0.25) is 14.6 Å². The Morgan fingerprint density at radius 3 is 2.93 bits per heavy atom. The van der Waals surface area contributed by atoms with Gasteiger partial charge in [0.2, 0.25) is 11.8 Å². The highest BCUT2D eigenvalue weighted by Gasteiger charge is 2.49. The molecule has 0 saturated carbocycles. The van der Waals surface area contributed by atoms with Crippen LogP contribution in [0.15, 0.2) is 30.6 Å². The number of rotatable bonds is 3. The number of hydrogen-bond acceptors (Lipinski definition) is 5. The fourth-order valence-corrected chi connectivity index (χ4v) is 5.70. The van der Waals surface area contributed by atoms with Crippen molar-refractivity contribution >= 4 is 28.5 Å². The molecule has 152 valence electrons. The van der Waals surface area contributed by atoms with Gasteiger partial charge in [-0.25, -0.2) is 4.98 Å². The molecule has 0 spiro atoms. The number of fused-ring (bicyclic) bond motifs is 5.